The Bertz CT molecular complexity index is 213. The third kappa shape index (κ3) is 4.64. The summed E-state index contributed by atoms with van der Waals surface area (Å²) in [5.41, 5.74) is 0. The van der Waals surface area contributed by atoms with Crippen molar-refractivity contribution in [2.24, 2.45) is 0 Å². The van der Waals surface area contributed by atoms with Crippen molar-refractivity contribution in [2.75, 3.05) is 7.11 Å². The smallest absolute Gasteiger partial charge is 0.407 e. The van der Waals surface area contributed by atoms with Gasteiger partial charge in [0.2, 0.25) is 0 Å². The summed E-state index contributed by atoms with van der Waals surface area (Å²) in [6.07, 6.45) is 2.70. The number of hydrogen-bond acceptors (Lipinski definition) is 3. The van der Waals surface area contributed by atoms with E-state index in [2.05, 4.69) is 16.6 Å². The number of nitrogens with one attached hydrogen (secondary N) is 1. The van der Waals surface area contributed by atoms with E-state index in [1.54, 1.807) is 6.08 Å². The predicted molar refractivity (Wildman–Crippen MR) is 54.1 cm³/mol. The second-order valence-corrected chi connectivity index (χ2v) is 2.93. The summed E-state index contributed by atoms with van der Waals surface area (Å²) < 4.78 is 4.42. The summed E-state index contributed by atoms with van der Waals surface area (Å²) in [7, 11) is 1.27. The molecule has 14 heavy (non-hydrogen) atoms. The molecular weight excluding hydrogens is 182 g/mol. The van der Waals surface area contributed by atoms with Gasteiger partial charge in [-0.1, -0.05) is 13.0 Å². The van der Waals surface area contributed by atoms with Gasteiger partial charge in [0.05, 0.1) is 13.2 Å². The van der Waals surface area contributed by atoms with Gasteiger partial charge in [0.1, 0.15) is 0 Å². The molecule has 0 unspecified atom stereocenters. The molecule has 0 spiro atoms. The normalized spacial score (nSPS) is 11.6. The molecule has 0 aromatic carbocycles. The topological polar surface area (TPSA) is 55.4 Å². The number of Topliss-reactive ketones (excluding diaryl/α,β-unsaturated/α-hetero) is 1. The Morgan fingerprint density at radius 3 is 2.64 bits per heavy atom. The van der Waals surface area contributed by atoms with E-state index in [9.17, 15) is 9.59 Å². The van der Waals surface area contributed by atoms with Gasteiger partial charge in [0, 0.05) is 6.42 Å². The minimum Gasteiger partial charge on any atom is -0.453 e. The van der Waals surface area contributed by atoms with E-state index in [1.165, 1.54) is 7.11 Å². The summed E-state index contributed by atoms with van der Waals surface area (Å²) >= 11 is 0. The highest BCUT2D eigenvalue weighted by molar-refractivity contribution is 5.87. The molecule has 0 bridgehead atoms. The third-order valence-electron chi connectivity index (χ3n) is 1.76. The minimum absolute atomic E-state index is 0.0119. The number of ketones is 1. The first kappa shape index (κ1) is 12.7. The first-order valence-corrected chi connectivity index (χ1v) is 4.63. The van der Waals surface area contributed by atoms with Gasteiger partial charge in [-0.3, -0.25) is 4.79 Å². The van der Waals surface area contributed by atoms with Crippen LogP contribution in [0.3, 0.4) is 0 Å². The lowest BCUT2D eigenvalue weighted by Crippen LogP contribution is -2.40. The van der Waals surface area contributed by atoms with E-state index in [-0.39, 0.29) is 5.78 Å². The van der Waals surface area contributed by atoms with Crippen LogP contribution in [0.25, 0.3) is 0 Å². The molecule has 0 saturated heterocycles. The zero-order chi connectivity index (χ0) is 11.0. The second-order valence-electron chi connectivity index (χ2n) is 2.93. The second kappa shape index (κ2) is 7.12. The fourth-order valence-corrected chi connectivity index (χ4v) is 1.06. The minimum atomic E-state index is -0.582. The maximum Gasteiger partial charge on any atom is 0.407 e. The van der Waals surface area contributed by atoms with Gasteiger partial charge in [-0.25, -0.2) is 4.79 Å². The lowest BCUT2D eigenvalue weighted by molar-refractivity contribution is -0.120. The molecule has 0 fully saturated rings. The van der Waals surface area contributed by atoms with Crippen LogP contribution in [0.5, 0.6) is 0 Å². The van der Waals surface area contributed by atoms with E-state index in [0.717, 1.165) is 6.42 Å². The maximum atomic E-state index is 11.5. The predicted octanol–water partition coefficient (Wildman–Crippen LogP) is 1.66. The van der Waals surface area contributed by atoms with Gasteiger partial charge < -0.3 is 10.1 Å². The first-order valence-electron chi connectivity index (χ1n) is 4.63. The quantitative estimate of drug-likeness (QED) is 0.662. The number of rotatable bonds is 6. The zero-order valence-electron chi connectivity index (χ0n) is 8.71. The molecule has 80 valence electrons. The highest BCUT2D eigenvalue weighted by Crippen LogP contribution is 2.01. The molecule has 0 heterocycles. The Morgan fingerprint density at radius 2 is 2.21 bits per heavy atom. The number of amides is 1. The Labute approximate surface area is 84.3 Å². The lowest BCUT2D eigenvalue weighted by Gasteiger charge is -2.14. The van der Waals surface area contributed by atoms with Crippen molar-refractivity contribution >= 4 is 11.9 Å². The van der Waals surface area contributed by atoms with Gasteiger partial charge >= 0.3 is 6.09 Å². The van der Waals surface area contributed by atoms with Crippen LogP contribution >= 0.6 is 0 Å². The zero-order valence-corrected chi connectivity index (χ0v) is 8.71. The van der Waals surface area contributed by atoms with E-state index in [0.29, 0.717) is 12.8 Å². The molecule has 1 atom stereocenters. The number of carbonyl (C=O) groups is 2. The summed E-state index contributed by atoms with van der Waals surface area (Å²) in [5, 5.41) is 2.47. The average molecular weight is 199 g/mol. The third-order valence-corrected chi connectivity index (χ3v) is 1.76. The van der Waals surface area contributed by atoms with Crippen molar-refractivity contribution in [1.82, 2.24) is 5.32 Å². The van der Waals surface area contributed by atoms with Gasteiger partial charge in [-0.05, 0) is 12.8 Å². The van der Waals surface area contributed by atoms with Crippen molar-refractivity contribution in [3.05, 3.63) is 12.7 Å². The van der Waals surface area contributed by atoms with Gasteiger partial charge in [-0.2, -0.15) is 0 Å². The molecule has 0 aliphatic carbocycles. The van der Waals surface area contributed by atoms with Crippen molar-refractivity contribution in [3.8, 4) is 0 Å². The highest BCUT2D eigenvalue weighted by Gasteiger charge is 2.18. The Balaban J connectivity index is 4.19. The summed E-state index contributed by atoms with van der Waals surface area (Å²) in [4.78, 5) is 22.4. The molecule has 0 aromatic rings. The number of carbonyl (C=O) groups excluding carboxylic acids is 2. The number of methoxy groups -OCH3 is 1. The van der Waals surface area contributed by atoms with E-state index >= 15 is 0 Å². The van der Waals surface area contributed by atoms with Crippen molar-refractivity contribution < 1.29 is 14.3 Å². The van der Waals surface area contributed by atoms with Crippen molar-refractivity contribution in [2.45, 2.75) is 32.2 Å². The van der Waals surface area contributed by atoms with Crippen molar-refractivity contribution in [3.63, 3.8) is 0 Å². The molecule has 1 amide bonds. The molecular formula is C10H17NO3. The molecule has 0 aliphatic rings. The van der Waals surface area contributed by atoms with Crippen LogP contribution in [0, 0.1) is 0 Å². The van der Waals surface area contributed by atoms with Crippen LogP contribution in [0.4, 0.5) is 4.79 Å². The molecule has 0 saturated carbocycles. The Kier molecular flexibility index (Phi) is 6.45. The maximum absolute atomic E-state index is 11.5. The molecule has 4 nitrogen and oxygen atoms in total. The number of alkyl carbamates (subject to hydrolysis) is 1. The SMILES string of the molecule is C=CC[C@H](NC(=O)OC)C(=O)CCC. The molecule has 0 aliphatic heterocycles. The Hall–Kier alpha value is -1.32. The standard InChI is InChI=1S/C10H17NO3/c1-4-6-8(9(12)7-5-2)11-10(13)14-3/h4,8H,1,5-7H2,2-3H3,(H,11,13)/t8-/m0/s1. The fraction of sp³-hybridized carbons (Fsp3) is 0.600. The highest BCUT2D eigenvalue weighted by atomic mass is 16.5. The fourth-order valence-electron chi connectivity index (χ4n) is 1.06. The first-order chi connectivity index (χ1) is 6.65. The molecule has 0 radical (unpaired) electrons. The van der Waals surface area contributed by atoms with Crippen LogP contribution in [0.15, 0.2) is 12.7 Å². The molecule has 0 aromatic heterocycles. The molecule has 4 heteroatoms. The summed E-state index contributed by atoms with van der Waals surface area (Å²) in [5.74, 6) is 0.0119. The van der Waals surface area contributed by atoms with Crippen LogP contribution < -0.4 is 5.32 Å². The Morgan fingerprint density at radius 1 is 1.57 bits per heavy atom. The monoisotopic (exact) mass is 199 g/mol. The lowest BCUT2D eigenvalue weighted by atomic mass is 10.1. The van der Waals surface area contributed by atoms with Crippen LogP contribution in [0.1, 0.15) is 26.2 Å². The van der Waals surface area contributed by atoms with Gasteiger partial charge in [-0.15, -0.1) is 6.58 Å². The van der Waals surface area contributed by atoms with E-state index < -0.39 is 12.1 Å². The van der Waals surface area contributed by atoms with Crippen LogP contribution in [-0.2, 0) is 9.53 Å². The summed E-state index contributed by atoms with van der Waals surface area (Å²) in [6.45, 7) is 5.45. The van der Waals surface area contributed by atoms with Crippen molar-refractivity contribution in [1.29, 1.82) is 0 Å². The largest absolute Gasteiger partial charge is 0.453 e. The molecule has 1 N–H and O–H groups in total. The summed E-state index contributed by atoms with van der Waals surface area (Å²) in [6, 6.07) is -0.500. The number of hydrogen-bond donors (Lipinski definition) is 1. The average Bonchev–Trinajstić information content (AvgIpc) is 2.17. The molecule has 0 rings (SSSR count). The van der Waals surface area contributed by atoms with Crippen LogP contribution in [0.2, 0.25) is 0 Å². The van der Waals surface area contributed by atoms with Crippen LogP contribution in [-0.4, -0.2) is 25.0 Å². The number of ether oxygens (including phenoxy) is 1. The van der Waals surface area contributed by atoms with Gasteiger partial charge in [0.25, 0.3) is 0 Å². The van der Waals surface area contributed by atoms with E-state index in [1.807, 2.05) is 6.92 Å². The van der Waals surface area contributed by atoms with E-state index in [4.69, 9.17) is 0 Å². The van der Waals surface area contributed by atoms with Gasteiger partial charge in [0.15, 0.2) is 5.78 Å².